The van der Waals surface area contributed by atoms with E-state index in [0.717, 1.165) is 48.9 Å². The van der Waals surface area contributed by atoms with Gasteiger partial charge in [0.1, 0.15) is 0 Å². The van der Waals surface area contributed by atoms with Gasteiger partial charge in [0, 0.05) is 0 Å². The topological polar surface area (TPSA) is 134 Å². The van der Waals surface area contributed by atoms with Gasteiger partial charge in [-0.3, -0.25) is 31.2 Å². The molecule has 10 nitrogen and oxygen atoms in total. The van der Waals surface area contributed by atoms with Gasteiger partial charge in [0.25, 0.3) is 0 Å². The Hall–Kier alpha value is -0.400. The molecule has 0 aromatic heterocycles. The first-order valence-corrected chi connectivity index (χ1v) is 11.2. The van der Waals surface area contributed by atoms with E-state index in [4.69, 9.17) is 0 Å². The van der Waals surface area contributed by atoms with Gasteiger partial charge in [-0.25, -0.2) is 0 Å². The van der Waals surface area contributed by atoms with Crippen molar-refractivity contribution in [2.24, 2.45) is 11.8 Å². The van der Waals surface area contributed by atoms with E-state index in [0.29, 0.717) is 25.7 Å². The highest BCUT2D eigenvalue weighted by molar-refractivity contribution is 4.89. The minimum Gasteiger partial charge on any atom is -0.297 e. The molecule has 2 saturated carbocycles. The zero-order valence-corrected chi connectivity index (χ0v) is 18.9. The van der Waals surface area contributed by atoms with Crippen molar-refractivity contribution in [2.75, 3.05) is 0 Å². The van der Waals surface area contributed by atoms with Crippen LogP contribution in [0, 0.1) is 11.8 Å². The summed E-state index contributed by atoms with van der Waals surface area (Å²) in [7, 11) is 0. The Kier molecular flexibility index (Phi) is 9.03. The summed E-state index contributed by atoms with van der Waals surface area (Å²) in [6, 6.07) is -0.656. The second kappa shape index (κ2) is 10.5. The van der Waals surface area contributed by atoms with Gasteiger partial charge >= 0.3 is 0 Å². The third-order valence-electron chi connectivity index (χ3n) is 7.15. The molecule has 6 N–H and O–H groups in total. The lowest BCUT2D eigenvalue weighted by Gasteiger charge is -2.47. The SMILES string of the molecule is CC(C)(CC1CCCCC1N(O)N(O)C1CCCCC1CC(C)(C)N(O)O)N(O)O. The predicted octanol–water partition coefficient (Wildman–Crippen LogP) is 3.90. The fourth-order valence-electron chi connectivity index (χ4n) is 5.21. The molecule has 2 aliphatic carbocycles. The second-order valence-electron chi connectivity index (χ2n) is 10.5. The van der Waals surface area contributed by atoms with Crippen LogP contribution in [-0.4, -0.2) is 75.2 Å². The summed E-state index contributed by atoms with van der Waals surface area (Å²) in [5.74, 6) is -0.0295. The Bertz CT molecular complexity index is 487. The zero-order valence-electron chi connectivity index (χ0n) is 18.9. The summed E-state index contributed by atoms with van der Waals surface area (Å²) in [5, 5.41) is 62.5. The van der Waals surface area contributed by atoms with Crippen LogP contribution in [0.2, 0.25) is 0 Å². The molecule has 178 valence electrons. The molecular weight excluding hydrogens is 392 g/mol. The molecule has 0 radical (unpaired) electrons. The van der Waals surface area contributed by atoms with Crippen molar-refractivity contribution >= 4 is 0 Å². The summed E-state index contributed by atoms with van der Waals surface area (Å²) in [5.41, 5.74) is -1.74. The highest BCUT2D eigenvalue weighted by atomic mass is 16.8. The normalized spacial score (nSPS) is 29.4. The molecule has 2 aliphatic rings. The van der Waals surface area contributed by atoms with Crippen molar-refractivity contribution in [3.8, 4) is 0 Å². The lowest BCUT2D eigenvalue weighted by molar-refractivity contribution is -0.418. The van der Waals surface area contributed by atoms with Crippen LogP contribution in [0.25, 0.3) is 0 Å². The van der Waals surface area contributed by atoms with Crippen molar-refractivity contribution < 1.29 is 31.2 Å². The van der Waals surface area contributed by atoms with E-state index in [9.17, 15) is 31.2 Å². The maximum Gasteiger partial charge on any atom is 0.0680 e. The first-order chi connectivity index (χ1) is 13.9. The van der Waals surface area contributed by atoms with E-state index in [2.05, 4.69) is 0 Å². The predicted molar refractivity (Wildman–Crippen MR) is 107 cm³/mol. The number of hydrogen-bond donors (Lipinski definition) is 6. The summed E-state index contributed by atoms with van der Waals surface area (Å²) in [6.07, 6.45) is 7.84. The van der Waals surface area contributed by atoms with Gasteiger partial charge in [-0.2, -0.15) is 0 Å². The number of rotatable bonds is 9. The number of hydrogen-bond acceptors (Lipinski definition) is 10. The Morgan fingerprint density at radius 3 is 1.17 bits per heavy atom. The first kappa shape index (κ1) is 25.9. The first-order valence-electron chi connectivity index (χ1n) is 11.2. The number of nitrogens with zero attached hydrogens (tertiary/aromatic N) is 4. The molecule has 0 aromatic carbocycles. The van der Waals surface area contributed by atoms with E-state index in [-0.39, 0.29) is 34.4 Å². The monoisotopic (exact) mass is 434 g/mol. The minimum atomic E-state index is -0.871. The Labute approximate surface area is 179 Å². The summed E-state index contributed by atoms with van der Waals surface area (Å²) >= 11 is 0. The summed E-state index contributed by atoms with van der Waals surface area (Å²) in [6.45, 7) is 6.91. The highest BCUT2D eigenvalue weighted by Crippen LogP contribution is 2.39. The Balaban J connectivity index is 2.12. The van der Waals surface area contributed by atoms with Crippen LogP contribution < -0.4 is 0 Å². The van der Waals surface area contributed by atoms with Crippen molar-refractivity contribution in [2.45, 2.75) is 115 Å². The minimum absolute atomic E-state index is 0.0148. The third-order valence-corrected chi connectivity index (χ3v) is 7.15. The molecule has 0 spiro atoms. The summed E-state index contributed by atoms with van der Waals surface area (Å²) in [4.78, 5) is 0. The summed E-state index contributed by atoms with van der Waals surface area (Å²) < 4.78 is 0. The molecule has 30 heavy (non-hydrogen) atoms. The van der Waals surface area contributed by atoms with Crippen molar-refractivity contribution in [1.29, 1.82) is 0 Å². The molecule has 0 aliphatic heterocycles. The van der Waals surface area contributed by atoms with Gasteiger partial charge in [-0.05, 0) is 78.1 Å². The smallest absolute Gasteiger partial charge is 0.0680 e. The molecule has 4 unspecified atom stereocenters. The molecular formula is C20H42N4O6. The van der Waals surface area contributed by atoms with Crippen LogP contribution in [0.4, 0.5) is 0 Å². The largest absolute Gasteiger partial charge is 0.297 e. The van der Waals surface area contributed by atoms with Crippen LogP contribution >= 0.6 is 0 Å². The van der Waals surface area contributed by atoms with E-state index < -0.39 is 11.1 Å². The van der Waals surface area contributed by atoms with Gasteiger partial charge in [0.2, 0.25) is 0 Å². The third kappa shape index (κ3) is 6.32. The van der Waals surface area contributed by atoms with Crippen LogP contribution in [0.15, 0.2) is 0 Å². The maximum absolute atomic E-state index is 11.0. The molecule has 0 heterocycles. The Morgan fingerprint density at radius 2 is 0.867 bits per heavy atom. The van der Waals surface area contributed by atoms with Crippen LogP contribution in [0.3, 0.4) is 0 Å². The maximum atomic E-state index is 11.0. The van der Waals surface area contributed by atoms with Crippen LogP contribution in [0.5, 0.6) is 0 Å². The molecule has 4 atom stereocenters. The molecule has 2 rings (SSSR count). The van der Waals surface area contributed by atoms with Crippen LogP contribution in [0.1, 0.15) is 91.9 Å². The van der Waals surface area contributed by atoms with E-state index >= 15 is 0 Å². The number of hydrazine groups is 1. The van der Waals surface area contributed by atoms with Gasteiger partial charge in [0.15, 0.2) is 0 Å². The van der Waals surface area contributed by atoms with Crippen molar-refractivity contribution in [1.82, 2.24) is 20.8 Å². The van der Waals surface area contributed by atoms with E-state index in [1.807, 2.05) is 0 Å². The quantitative estimate of drug-likeness (QED) is 0.297. The lowest BCUT2D eigenvalue weighted by Crippen LogP contribution is -2.57. The average Bonchev–Trinajstić information content (AvgIpc) is 2.67. The fraction of sp³-hybridized carbons (Fsp3) is 1.00. The second-order valence-corrected chi connectivity index (χ2v) is 10.5. The van der Waals surface area contributed by atoms with Crippen molar-refractivity contribution in [3.05, 3.63) is 0 Å². The average molecular weight is 435 g/mol. The number of hydroxylamine groups is 6. The highest BCUT2D eigenvalue weighted by Gasteiger charge is 2.42. The lowest BCUT2D eigenvalue weighted by atomic mass is 9.77. The molecule has 10 heteroatoms. The molecule has 0 amide bonds. The molecule has 2 fully saturated rings. The van der Waals surface area contributed by atoms with Gasteiger partial charge in [-0.15, -0.1) is 0 Å². The van der Waals surface area contributed by atoms with E-state index in [1.54, 1.807) is 27.7 Å². The van der Waals surface area contributed by atoms with Gasteiger partial charge in [0.05, 0.1) is 23.2 Å². The fourth-order valence-corrected chi connectivity index (χ4v) is 5.21. The van der Waals surface area contributed by atoms with Crippen molar-refractivity contribution in [3.63, 3.8) is 0 Å². The standard InChI is InChI=1S/C20H42N4O6/c1-19(2,23(27)28)13-15-9-5-7-11-17(15)21(25)22(26)18-12-8-6-10-16(18)14-20(3,4)24(29)30/h15-18,25-30H,5-14H2,1-4H3. The van der Waals surface area contributed by atoms with Gasteiger partial charge in [-0.1, -0.05) is 46.5 Å². The van der Waals surface area contributed by atoms with Gasteiger partial charge < -0.3 is 0 Å². The van der Waals surface area contributed by atoms with E-state index in [1.165, 1.54) is 0 Å². The molecule has 0 aromatic rings. The zero-order chi connectivity index (χ0) is 22.7. The molecule has 0 saturated heterocycles. The Morgan fingerprint density at radius 1 is 0.567 bits per heavy atom. The molecule has 0 bridgehead atoms. The van der Waals surface area contributed by atoms with Crippen LogP contribution in [-0.2, 0) is 0 Å².